The maximum atomic E-state index is 6.15. The first kappa shape index (κ1) is 9.30. The van der Waals surface area contributed by atoms with Crippen LogP contribution in [0.2, 0.25) is 0 Å². The summed E-state index contributed by atoms with van der Waals surface area (Å²) in [7, 11) is 0. The van der Waals surface area contributed by atoms with Crippen molar-refractivity contribution in [3.8, 4) is 0 Å². The van der Waals surface area contributed by atoms with Crippen molar-refractivity contribution in [3.63, 3.8) is 0 Å². The molecule has 82 valence electrons. The summed E-state index contributed by atoms with van der Waals surface area (Å²) in [5.74, 6) is 1.22. The van der Waals surface area contributed by atoms with E-state index in [-0.39, 0.29) is 11.1 Å². The predicted molar refractivity (Wildman–Crippen MR) is 52.1 cm³/mol. The van der Waals surface area contributed by atoms with Gasteiger partial charge in [0.05, 0.1) is 6.61 Å². The molecule has 3 heterocycles. The third kappa shape index (κ3) is 1.30. The first-order valence-corrected chi connectivity index (χ1v) is 5.35. The lowest BCUT2D eigenvalue weighted by Crippen LogP contribution is -2.58. The number of hydrogen-bond acceptors (Lipinski definition) is 5. The summed E-state index contributed by atoms with van der Waals surface area (Å²) in [4.78, 5) is 0. The van der Waals surface area contributed by atoms with Gasteiger partial charge in [-0.3, -0.25) is 0 Å². The third-order valence-corrected chi connectivity index (χ3v) is 3.61. The zero-order valence-corrected chi connectivity index (χ0v) is 8.82. The van der Waals surface area contributed by atoms with Crippen molar-refractivity contribution in [2.75, 3.05) is 6.61 Å². The summed E-state index contributed by atoms with van der Waals surface area (Å²) in [6.07, 6.45) is 3.75. The van der Waals surface area contributed by atoms with E-state index in [0.29, 0.717) is 18.4 Å². The molecule has 0 unspecified atom stereocenters. The molecule has 5 nitrogen and oxygen atoms in total. The van der Waals surface area contributed by atoms with Crippen LogP contribution < -0.4 is 5.73 Å². The van der Waals surface area contributed by atoms with Gasteiger partial charge in [-0.2, -0.15) is 0 Å². The maximum absolute atomic E-state index is 6.15. The van der Waals surface area contributed by atoms with Crippen LogP contribution in [0.25, 0.3) is 0 Å². The predicted octanol–water partition coefficient (Wildman–Crippen LogP) is 0.875. The SMILES string of the molecule is Cc1nnc(C23CCC(N)(CC2)CO3)o1. The molecule has 2 aliphatic heterocycles. The van der Waals surface area contributed by atoms with Crippen molar-refractivity contribution in [1.29, 1.82) is 0 Å². The van der Waals surface area contributed by atoms with Crippen molar-refractivity contribution in [1.82, 2.24) is 10.2 Å². The van der Waals surface area contributed by atoms with E-state index in [1.807, 2.05) is 0 Å². The molecular formula is C10H15N3O2. The molecule has 3 aliphatic rings. The topological polar surface area (TPSA) is 74.2 Å². The van der Waals surface area contributed by atoms with Crippen LogP contribution in [0.15, 0.2) is 4.42 Å². The molecule has 3 fully saturated rings. The summed E-state index contributed by atoms with van der Waals surface area (Å²) in [6.45, 7) is 2.40. The second-order valence-electron chi connectivity index (χ2n) is 4.77. The molecule has 5 heteroatoms. The normalized spacial score (nSPS) is 39.6. The molecule has 0 spiro atoms. The number of nitrogens with two attached hydrogens (primary N) is 1. The minimum Gasteiger partial charge on any atom is -0.422 e. The molecule has 0 atom stereocenters. The highest BCUT2D eigenvalue weighted by molar-refractivity contribution is 5.09. The molecular weight excluding hydrogens is 194 g/mol. The van der Waals surface area contributed by atoms with E-state index in [9.17, 15) is 0 Å². The van der Waals surface area contributed by atoms with Gasteiger partial charge in [-0.1, -0.05) is 0 Å². The molecule has 15 heavy (non-hydrogen) atoms. The van der Waals surface area contributed by atoms with Crippen molar-refractivity contribution >= 4 is 0 Å². The van der Waals surface area contributed by atoms with Gasteiger partial charge in [0, 0.05) is 12.5 Å². The van der Waals surface area contributed by atoms with Crippen LogP contribution in [0.1, 0.15) is 37.5 Å². The van der Waals surface area contributed by atoms with E-state index in [4.69, 9.17) is 14.9 Å². The minimum atomic E-state index is -0.345. The van der Waals surface area contributed by atoms with Crippen LogP contribution in [0.5, 0.6) is 0 Å². The first-order valence-electron chi connectivity index (χ1n) is 5.35. The highest BCUT2D eigenvalue weighted by Gasteiger charge is 2.51. The van der Waals surface area contributed by atoms with Gasteiger partial charge in [0.2, 0.25) is 11.8 Å². The van der Waals surface area contributed by atoms with E-state index in [0.717, 1.165) is 25.7 Å². The average Bonchev–Trinajstić information content (AvgIpc) is 2.67. The highest BCUT2D eigenvalue weighted by atomic mass is 16.5. The fourth-order valence-corrected chi connectivity index (χ4v) is 2.48. The molecule has 4 rings (SSSR count). The molecule has 2 bridgehead atoms. The monoisotopic (exact) mass is 209 g/mol. The average molecular weight is 209 g/mol. The van der Waals surface area contributed by atoms with Gasteiger partial charge in [-0.25, -0.2) is 0 Å². The van der Waals surface area contributed by atoms with Crippen molar-refractivity contribution < 1.29 is 9.15 Å². The van der Waals surface area contributed by atoms with E-state index < -0.39 is 0 Å². The van der Waals surface area contributed by atoms with Gasteiger partial charge in [0.25, 0.3) is 0 Å². The highest BCUT2D eigenvalue weighted by Crippen LogP contribution is 2.47. The summed E-state index contributed by atoms with van der Waals surface area (Å²) in [6, 6.07) is 0. The van der Waals surface area contributed by atoms with Crippen LogP contribution in [-0.4, -0.2) is 22.3 Å². The Morgan fingerprint density at radius 3 is 2.40 bits per heavy atom. The van der Waals surface area contributed by atoms with Gasteiger partial charge in [-0.05, 0) is 25.7 Å². The number of fused-ring (bicyclic) bond motifs is 3. The minimum absolute atomic E-state index is 0.114. The Labute approximate surface area is 88.0 Å². The molecule has 0 radical (unpaired) electrons. The van der Waals surface area contributed by atoms with Gasteiger partial charge in [-0.15, -0.1) is 10.2 Å². The molecule has 1 saturated carbocycles. The smallest absolute Gasteiger partial charge is 0.248 e. The van der Waals surface area contributed by atoms with Crippen LogP contribution >= 0.6 is 0 Å². The lowest BCUT2D eigenvalue weighted by atomic mass is 9.71. The van der Waals surface area contributed by atoms with Crippen molar-refractivity contribution in [3.05, 3.63) is 11.8 Å². The number of rotatable bonds is 1. The van der Waals surface area contributed by atoms with Crippen LogP contribution in [0.4, 0.5) is 0 Å². The van der Waals surface area contributed by atoms with Crippen molar-refractivity contribution in [2.45, 2.75) is 43.7 Å². The maximum Gasteiger partial charge on any atom is 0.248 e. The van der Waals surface area contributed by atoms with Gasteiger partial charge in [0.15, 0.2) is 0 Å². The van der Waals surface area contributed by atoms with Gasteiger partial charge in [0.1, 0.15) is 5.60 Å². The Hall–Kier alpha value is -0.940. The number of ether oxygens (including phenoxy) is 1. The van der Waals surface area contributed by atoms with E-state index in [2.05, 4.69) is 10.2 Å². The molecule has 1 aromatic rings. The van der Waals surface area contributed by atoms with Crippen LogP contribution in [0, 0.1) is 6.92 Å². The Morgan fingerprint density at radius 1 is 1.20 bits per heavy atom. The second-order valence-corrected chi connectivity index (χ2v) is 4.77. The fourth-order valence-electron chi connectivity index (χ4n) is 2.48. The molecule has 0 amide bonds. The largest absolute Gasteiger partial charge is 0.422 e. The zero-order valence-electron chi connectivity index (χ0n) is 8.82. The van der Waals surface area contributed by atoms with Crippen molar-refractivity contribution in [2.24, 2.45) is 5.73 Å². The molecule has 2 saturated heterocycles. The number of aryl methyl sites for hydroxylation is 1. The lowest BCUT2D eigenvalue weighted by molar-refractivity contribution is -0.171. The van der Waals surface area contributed by atoms with E-state index in [1.54, 1.807) is 6.92 Å². The Kier molecular flexibility index (Phi) is 1.73. The Balaban J connectivity index is 1.93. The van der Waals surface area contributed by atoms with Gasteiger partial charge >= 0.3 is 0 Å². The Bertz CT molecular complexity index is 363. The molecule has 0 aromatic carbocycles. The molecule has 1 aliphatic carbocycles. The first-order chi connectivity index (χ1) is 7.12. The van der Waals surface area contributed by atoms with E-state index in [1.165, 1.54) is 0 Å². The fraction of sp³-hybridized carbons (Fsp3) is 0.800. The molecule has 2 N–H and O–H groups in total. The quantitative estimate of drug-likeness (QED) is 0.743. The summed E-state index contributed by atoms with van der Waals surface area (Å²) >= 11 is 0. The summed E-state index contributed by atoms with van der Waals surface area (Å²) in [5.41, 5.74) is 5.69. The summed E-state index contributed by atoms with van der Waals surface area (Å²) in [5, 5.41) is 7.94. The third-order valence-electron chi connectivity index (χ3n) is 3.61. The van der Waals surface area contributed by atoms with E-state index >= 15 is 0 Å². The second kappa shape index (κ2) is 2.80. The number of hydrogen-bond donors (Lipinski definition) is 1. The molecule has 1 aromatic heterocycles. The standard InChI is InChI=1S/C10H15N3O2/c1-7-12-13-8(15-7)10-4-2-9(11,3-5-10)6-14-10/h2-6,11H2,1H3. The lowest BCUT2D eigenvalue weighted by Gasteiger charge is -2.49. The van der Waals surface area contributed by atoms with Crippen LogP contribution in [-0.2, 0) is 10.3 Å². The zero-order chi connectivity index (χ0) is 10.5. The van der Waals surface area contributed by atoms with Gasteiger partial charge < -0.3 is 14.9 Å². The number of nitrogens with zero attached hydrogens (tertiary/aromatic N) is 2. The summed E-state index contributed by atoms with van der Waals surface area (Å²) < 4.78 is 11.3. The number of aromatic nitrogens is 2. The Morgan fingerprint density at radius 2 is 1.93 bits per heavy atom. The van der Waals surface area contributed by atoms with Crippen LogP contribution in [0.3, 0.4) is 0 Å².